The van der Waals surface area contributed by atoms with Crippen molar-refractivity contribution in [3.63, 3.8) is 0 Å². The summed E-state index contributed by atoms with van der Waals surface area (Å²) in [6, 6.07) is 5.68. The van der Waals surface area contributed by atoms with Crippen LogP contribution in [0.3, 0.4) is 0 Å². The zero-order chi connectivity index (χ0) is 19.5. The molecule has 1 aromatic carbocycles. The average Bonchev–Trinajstić information content (AvgIpc) is 2.96. The van der Waals surface area contributed by atoms with Gasteiger partial charge in [-0.15, -0.1) is 0 Å². The van der Waals surface area contributed by atoms with E-state index in [1.807, 2.05) is 37.6 Å². The number of hydrogen-bond acceptors (Lipinski definition) is 4. The molecule has 2 aromatic rings. The van der Waals surface area contributed by atoms with Gasteiger partial charge in [0.05, 0.1) is 5.25 Å². The molecule has 1 aromatic heterocycles. The minimum Gasteiger partial charge on any atom is -0.333 e. The number of nitrogens with one attached hydrogen (secondary N) is 2. The van der Waals surface area contributed by atoms with E-state index in [0.717, 1.165) is 5.69 Å². The van der Waals surface area contributed by atoms with E-state index in [1.54, 1.807) is 13.1 Å². The first-order valence-corrected chi connectivity index (χ1v) is 9.35. The molecule has 2 rings (SSSR count). The standard InChI is InChI=1S/C19H26N4O2S/c1-12-7-8-15(11-13(12)2)23-10-9-20-18(23)26-14(3)16(24)21-17(25)22-19(4,5)6/h7-11,14H,1-6H3,(H2,21,22,24,25). The maximum atomic E-state index is 12.3. The molecule has 0 saturated carbocycles. The highest BCUT2D eigenvalue weighted by atomic mass is 32.2. The number of hydrogen-bond donors (Lipinski definition) is 2. The lowest BCUT2D eigenvalue weighted by Crippen LogP contribution is -2.49. The summed E-state index contributed by atoms with van der Waals surface area (Å²) in [6.45, 7) is 11.5. The number of amides is 3. The van der Waals surface area contributed by atoms with E-state index in [9.17, 15) is 9.59 Å². The number of aryl methyl sites for hydroxylation is 2. The topological polar surface area (TPSA) is 76.0 Å². The van der Waals surface area contributed by atoms with E-state index < -0.39 is 16.8 Å². The van der Waals surface area contributed by atoms with Gasteiger partial charge < -0.3 is 5.32 Å². The van der Waals surface area contributed by atoms with Crippen LogP contribution in [0.4, 0.5) is 4.79 Å². The first-order chi connectivity index (χ1) is 12.1. The fourth-order valence-corrected chi connectivity index (χ4v) is 3.13. The summed E-state index contributed by atoms with van der Waals surface area (Å²) in [5.41, 5.74) is 3.00. The van der Waals surface area contributed by atoms with Crippen molar-refractivity contribution in [3.05, 3.63) is 41.7 Å². The summed E-state index contributed by atoms with van der Waals surface area (Å²) < 4.78 is 1.94. The number of urea groups is 1. The number of imidazole rings is 1. The fraction of sp³-hybridized carbons (Fsp3) is 0.421. The second-order valence-electron chi connectivity index (χ2n) is 7.30. The van der Waals surface area contributed by atoms with Crippen LogP contribution in [0.5, 0.6) is 0 Å². The molecule has 1 unspecified atom stereocenters. The van der Waals surface area contributed by atoms with Crippen molar-refractivity contribution < 1.29 is 9.59 Å². The van der Waals surface area contributed by atoms with Gasteiger partial charge in [0.15, 0.2) is 5.16 Å². The van der Waals surface area contributed by atoms with Crippen LogP contribution in [-0.2, 0) is 4.79 Å². The Morgan fingerprint density at radius 2 is 1.88 bits per heavy atom. The van der Waals surface area contributed by atoms with Gasteiger partial charge in [-0.25, -0.2) is 9.78 Å². The third kappa shape index (κ3) is 5.36. The van der Waals surface area contributed by atoms with Crippen molar-refractivity contribution in [2.45, 2.75) is 57.5 Å². The molecule has 0 aliphatic carbocycles. The number of aromatic nitrogens is 2. The Bertz CT molecular complexity index is 808. The first kappa shape index (κ1) is 20.0. The maximum Gasteiger partial charge on any atom is 0.321 e. The molecule has 6 nitrogen and oxygen atoms in total. The van der Waals surface area contributed by atoms with E-state index in [2.05, 4.69) is 41.6 Å². The van der Waals surface area contributed by atoms with Crippen LogP contribution in [0.15, 0.2) is 35.7 Å². The minimum absolute atomic E-state index is 0.355. The number of carbonyl (C=O) groups excluding carboxylic acids is 2. The van der Waals surface area contributed by atoms with Gasteiger partial charge in [0, 0.05) is 23.6 Å². The Hall–Kier alpha value is -2.28. The highest BCUT2D eigenvalue weighted by molar-refractivity contribution is 8.00. The highest BCUT2D eigenvalue weighted by Gasteiger charge is 2.21. The second kappa shape index (κ2) is 7.95. The smallest absolute Gasteiger partial charge is 0.321 e. The summed E-state index contributed by atoms with van der Waals surface area (Å²) >= 11 is 1.31. The molecular weight excluding hydrogens is 348 g/mol. The molecule has 0 aliphatic rings. The Morgan fingerprint density at radius 3 is 2.50 bits per heavy atom. The zero-order valence-electron chi connectivity index (χ0n) is 16.1. The normalized spacial score (nSPS) is 12.5. The molecule has 1 atom stereocenters. The number of carbonyl (C=O) groups is 2. The monoisotopic (exact) mass is 374 g/mol. The number of benzene rings is 1. The van der Waals surface area contributed by atoms with E-state index in [1.165, 1.54) is 22.9 Å². The maximum absolute atomic E-state index is 12.3. The molecule has 0 spiro atoms. The Labute approximate surface area is 158 Å². The van der Waals surface area contributed by atoms with E-state index in [-0.39, 0.29) is 5.91 Å². The van der Waals surface area contributed by atoms with E-state index >= 15 is 0 Å². The lowest BCUT2D eigenvalue weighted by molar-refractivity contribution is -0.119. The van der Waals surface area contributed by atoms with Crippen molar-refractivity contribution >= 4 is 23.7 Å². The summed E-state index contributed by atoms with van der Waals surface area (Å²) in [4.78, 5) is 28.5. The average molecular weight is 375 g/mol. The minimum atomic E-state index is -0.493. The molecule has 0 fully saturated rings. The molecular formula is C19H26N4O2S. The third-order valence-electron chi connectivity index (χ3n) is 3.75. The summed E-state index contributed by atoms with van der Waals surface area (Å²) in [5, 5.41) is 5.33. The largest absolute Gasteiger partial charge is 0.333 e. The van der Waals surface area contributed by atoms with Gasteiger partial charge in [-0.1, -0.05) is 17.8 Å². The van der Waals surface area contributed by atoms with E-state index in [0.29, 0.717) is 5.16 Å². The van der Waals surface area contributed by atoms with Crippen molar-refractivity contribution in [1.82, 2.24) is 20.2 Å². The number of rotatable bonds is 4. The van der Waals surface area contributed by atoms with Crippen molar-refractivity contribution in [2.24, 2.45) is 0 Å². The third-order valence-corrected chi connectivity index (χ3v) is 4.83. The lowest BCUT2D eigenvalue weighted by Gasteiger charge is -2.21. The second-order valence-corrected chi connectivity index (χ2v) is 8.61. The zero-order valence-corrected chi connectivity index (χ0v) is 16.9. The van der Waals surface area contributed by atoms with Crippen LogP contribution < -0.4 is 10.6 Å². The summed E-state index contributed by atoms with van der Waals surface area (Å²) in [7, 11) is 0. The van der Waals surface area contributed by atoms with Gasteiger partial charge in [-0.2, -0.15) is 0 Å². The van der Waals surface area contributed by atoms with Crippen LogP contribution in [0.25, 0.3) is 5.69 Å². The van der Waals surface area contributed by atoms with Crippen LogP contribution in [-0.4, -0.2) is 32.3 Å². The number of nitrogens with zero attached hydrogens (tertiary/aromatic N) is 2. The van der Waals surface area contributed by atoms with Crippen molar-refractivity contribution in [2.75, 3.05) is 0 Å². The first-order valence-electron chi connectivity index (χ1n) is 8.47. The molecule has 26 heavy (non-hydrogen) atoms. The molecule has 0 saturated heterocycles. The van der Waals surface area contributed by atoms with Gasteiger partial charge in [0.25, 0.3) is 0 Å². The van der Waals surface area contributed by atoms with Gasteiger partial charge in [0.1, 0.15) is 0 Å². The summed E-state index contributed by atoms with van der Waals surface area (Å²) in [6.07, 6.45) is 3.57. The van der Waals surface area contributed by atoms with Crippen LogP contribution in [0.1, 0.15) is 38.8 Å². The predicted molar refractivity (Wildman–Crippen MR) is 105 cm³/mol. The summed E-state index contributed by atoms with van der Waals surface area (Å²) in [5.74, 6) is -0.355. The molecule has 7 heteroatoms. The van der Waals surface area contributed by atoms with Gasteiger partial charge in [-0.05, 0) is 64.8 Å². The fourth-order valence-electron chi connectivity index (χ4n) is 2.25. The lowest BCUT2D eigenvalue weighted by atomic mass is 10.1. The SMILES string of the molecule is Cc1ccc(-n2ccnc2SC(C)C(=O)NC(=O)NC(C)(C)C)cc1C. The predicted octanol–water partition coefficient (Wildman–Crippen LogP) is 3.59. The highest BCUT2D eigenvalue weighted by Crippen LogP contribution is 2.25. The van der Waals surface area contributed by atoms with Crippen LogP contribution in [0, 0.1) is 13.8 Å². The van der Waals surface area contributed by atoms with Crippen molar-refractivity contribution in [3.8, 4) is 5.69 Å². The van der Waals surface area contributed by atoms with Gasteiger partial charge >= 0.3 is 6.03 Å². The Balaban J connectivity index is 2.07. The molecule has 3 amide bonds. The molecule has 1 heterocycles. The molecule has 140 valence electrons. The van der Waals surface area contributed by atoms with Crippen molar-refractivity contribution in [1.29, 1.82) is 0 Å². The molecule has 0 aliphatic heterocycles. The van der Waals surface area contributed by atoms with Gasteiger partial charge in [-0.3, -0.25) is 14.7 Å². The Kier molecular flexibility index (Phi) is 6.13. The number of imide groups is 1. The van der Waals surface area contributed by atoms with Crippen LogP contribution in [0.2, 0.25) is 0 Å². The molecule has 0 bridgehead atoms. The van der Waals surface area contributed by atoms with E-state index in [4.69, 9.17) is 0 Å². The number of thioether (sulfide) groups is 1. The molecule has 0 radical (unpaired) electrons. The van der Waals surface area contributed by atoms with Crippen LogP contribution >= 0.6 is 11.8 Å². The Morgan fingerprint density at radius 1 is 1.19 bits per heavy atom. The molecule has 2 N–H and O–H groups in total. The van der Waals surface area contributed by atoms with Gasteiger partial charge in [0.2, 0.25) is 5.91 Å². The quantitative estimate of drug-likeness (QED) is 0.802.